The Kier molecular flexibility index (Phi) is 6.09. The SMILES string of the molecule is CC(Oc1cccc(CO)c1)C(=O)N(C)C(C)c1ccc(F)c(F)c1. The van der Waals surface area contributed by atoms with Crippen LogP contribution in [0.3, 0.4) is 0 Å². The van der Waals surface area contributed by atoms with Crippen LogP contribution in [0.25, 0.3) is 0 Å². The van der Waals surface area contributed by atoms with Crippen LogP contribution in [0.2, 0.25) is 0 Å². The Bertz CT molecular complexity index is 751. The van der Waals surface area contributed by atoms with Crippen LogP contribution in [-0.4, -0.2) is 29.1 Å². The summed E-state index contributed by atoms with van der Waals surface area (Å²) in [7, 11) is 1.58. The summed E-state index contributed by atoms with van der Waals surface area (Å²) in [5, 5.41) is 9.15. The Balaban J connectivity index is 2.07. The first-order valence-corrected chi connectivity index (χ1v) is 7.91. The van der Waals surface area contributed by atoms with E-state index < -0.39 is 23.8 Å². The monoisotopic (exact) mass is 349 g/mol. The lowest BCUT2D eigenvalue weighted by Crippen LogP contribution is -2.39. The van der Waals surface area contributed by atoms with Crippen LogP contribution < -0.4 is 4.74 Å². The number of aliphatic hydroxyl groups excluding tert-OH is 1. The van der Waals surface area contributed by atoms with E-state index >= 15 is 0 Å². The average Bonchev–Trinajstić information content (AvgIpc) is 2.62. The number of rotatable bonds is 6. The summed E-state index contributed by atoms with van der Waals surface area (Å²) < 4.78 is 32.1. The molecule has 0 spiro atoms. The molecule has 0 aromatic heterocycles. The van der Waals surface area contributed by atoms with Gasteiger partial charge in [-0.2, -0.15) is 0 Å². The van der Waals surface area contributed by atoms with Crippen LogP contribution in [0, 0.1) is 11.6 Å². The molecule has 0 saturated carbocycles. The predicted molar refractivity (Wildman–Crippen MR) is 90.0 cm³/mol. The second-order valence-electron chi connectivity index (χ2n) is 5.86. The Labute approximate surface area is 145 Å². The van der Waals surface area contributed by atoms with Crippen molar-refractivity contribution in [3.05, 3.63) is 65.2 Å². The van der Waals surface area contributed by atoms with Gasteiger partial charge in [-0.05, 0) is 49.2 Å². The number of ether oxygens (including phenoxy) is 1. The van der Waals surface area contributed by atoms with E-state index in [0.29, 0.717) is 16.9 Å². The van der Waals surface area contributed by atoms with Gasteiger partial charge >= 0.3 is 0 Å². The third-order valence-corrected chi connectivity index (χ3v) is 4.10. The minimum Gasteiger partial charge on any atom is -0.481 e. The molecule has 0 radical (unpaired) electrons. The second kappa shape index (κ2) is 8.07. The van der Waals surface area contributed by atoms with Gasteiger partial charge in [-0.15, -0.1) is 0 Å². The van der Waals surface area contributed by atoms with Crippen molar-refractivity contribution in [1.82, 2.24) is 4.90 Å². The van der Waals surface area contributed by atoms with E-state index in [1.54, 1.807) is 45.2 Å². The molecule has 2 aromatic carbocycles. The number of halogens is 2. The number of carbonyl (C=O) groups is 1. The molecule has 1 amide bonds. The minimum atomic E-state index is -0.949. The molecule has 6 heteroatoms. The molecule has 134 valence electrons. The minimum absolute atomic E-state index is 0.118. The van der Waals surface area contributed by atoms with E-state index in [-0.39, 0.29) is 12.5 Å². The Morgan fingerprint density at radius 2 is 1.88 bits per heavy atom. The number of aliphatic hydroxyl groups is 1. The summed E-state index contributed by atoms with van der Waals surface area (Å²) in [6.07, 6.45) is -0.772. The first-order valence-electron chi connectivity index (χ1n) is 7.91. The number of likely N-dealkylation sites (N-methyl/N-ethyl adjacent to an activating group) is 1. The highest BCUT2D eigenvalue weighted by atomic mass is 19.2. The topological polar surface area (TPSA) is 49.8 Å². The standard InChI is InChI=1S/C19H21F2NO3/c1-12(15-7-8-17(20)18(21)10-15)22(3)19(24)13(2)25-16-6-4-5-14(9-16)11-23/h4-10,12-13,23H,11H2,1-3H3. The molecular weight excluding hydrogens is 328 g/mol. The summed E-state index contributed by atoms with van der Waals surface area (Å²) in [6, 6.07) is 9.95. The molecule has 0 aliphatic rings. The van der Waals surface area contributed by atoms with Gasteiger partial charge in [0.2, 0.25) is 0 Å². The lowest BCUT2D eigenvalue weighted by molar-refractivity contribution is -0.138. The number of nitrogens with zero attached hydrogens (tertiary/aromatic N) is 1. The van der Waals surface area contributed by atoms with Crippen molar-refractivity contribution in [1.29, 1.82) is 0 Å². The molecule has 4 nitrogen and oxygen atoms in total. The molecule has 0 saturated heterocycles. The van der Waals surface area contributed by atoms with E-state index in [4.69, 9.17) is 9.84 Å². The largest absolute Gasteiger partial charge is 0.481 e. The van der Waals surface area contributed by atoms with Gasteiger partial charge in [0.15, 0.2) is 17.7 Å². The van der Waals surface area contributed by atoms with Crippen molar-refractivity contribution in [2.24, 2.45) is 0 Å². The molecule has 2 rings (SSSR count). The molecule has 2 atom stereocenters. The molecule has 0 bridgehead atoms. The molecule has 2 aromatic rings. The average molecular weight is 349 g/mol. The fourth-order valence-electron chi connectivity index (χ4n) is 2.45. The zero-order valence-electron chi connectivity index (χ0n) is 14.4. The van der Waals surface area contributed by atoms with E-state index in [9.17, 15) is 13.6 Å². The second-order valence-corrected chi connectivity index (χ2v) is 5.86. The van der Waals surface area contributed by atoms with Gasteiger partial charge in [0.1, 0.15) is 5.75 Å². The highest BCUT2D eigenvalue weighted by Crippen LogP contribution is 2.23. The normalized spacial score (nSPS) is 13.2. The van der Waals surface area contributed by atoms with Crippen molar-refractivity contribution >= 4 is 5.91 Å². The van der Waals surface area contributed by atoms with E-state index in [1.807, 2.05) is 0 Å². The maximum atomic E-state index is 13.4. The number of amides is 1. The maximum Gasteiger partial charge on any atom is 0.263 e. The van der Waals surface area contributed by atoms with Crippen LogP contribution in [0.5, 0.6) is 5.75 Å². The Morgan fingerprint density at radius 1 is 1.16 bits per heavy atom. The predicted octanol–water partition coefficient (Wildman–Crippen LogP) is 3.44. The quantitative estimate of drug-likeness (QED) is 0.869. The Morgan fingerprint density at radius 3 is 2.52 bits per heavy atom. The van der Waals surface area contributed by atoms with Crippen molar-refractivity contribution in [2.45, 2.75) is 32.6 Å². The molecule has 0 fully saturated rings. The number of benzene rings is 2. The van der Waals surface area contributed by atoms with Gasteiger partial charge in [-0.3, -0.25) is 4.79 Å². The third kappa shape index (κ3) is 4.54. The molecule has 0 heterocycles. The summed E-state index contributed by atoms with van der Waals surface area (Å²) in [5.41, 5.74) is 1.17. The van der Waals surface area contributed by atoms with E-state index in [0.717, 1.165) is 12.1 Å². The maximum absolute atomic E-state index is 13.4. The van der Waals surface area contributed by atoms with Crippen LogP contribution in [0.4, 0.5) is 8.78 Å². The summed E-state index contributed by atoms with van der Waals surface area (Å²) in [5.74, 6) is -1.70. The summed E-state index contributed by atoms with van der Waals surface area (Å²) in [6.45, 7) is 3.22. The van der Waals surface area contributed by atoms with Crippen molar-refractivity contribution in [2.75, 3.05) is 7.05 Å². The van der Waals surface area contributed by atoms with Gasteiger partial charge < -0.3 is 14.7 Å². The first kappa shape index (κ1) is 18.9. The summed E-state index contributed by atoms with van der Waals surface area (Å²) in [4.78, 5) is 14.0. The summed E-state index contributed by atoms with van der Waals surface area (Å²) >= 11 is 0. The van der Waals surface area contributed by atoms with Crippen LogP contribution in [0.1, 0.15) is 31.0 Å². The number of hydrogen-bond donors (Lipinski definition) is 1. The van der Waals surface area contributed by atoms with Gasteiger partial charge in [0.25, 0.3) is 5.91 Å². The highest BCUT2D eigenvalue weighted by Gasteiger charge is 2.24. The van der Waals surface area contributed by atoms with Gasteiger partial charge in [-0.25, -0.2) is 8.78 Å². The van der Waals surface area contributed by atoms with Crippen molar-refractivity contribution < 1.29 is 23.4 Å². The Hall–Kier alpha value is -2.47. The zero-order chi connectivity index (χ0) is 18.6. The number of hydrogen-bond acceptors (Lipinski definition) is 3. The van der Waals surface area contributed by atoms with Gasteiger partial charge in [0.05, 0.1) is 12.6 Å². The van der Waals surface area contributed by atoms with E-state index in [1.165, 1.54) is 11.0 Å². The van der Waals surface area contributed by atoms with Gasteiger partial charge in [0, 0.05) is 7.05 Å². The molecule has 0 aliphatic heterocycles. The van der Waals surface area contributed by atoms with Crippen LogP contribution in [-0.2, 0) is 11.4 Å². The lowest BCUT2D eigenvalue weighted by Gasteiger charge is -2.28. The van der Waals surface area contributed by atoms with Crippen molar-refractivity contribution in [3.8, 4) is 5.75 Å². The lowest BCUT2D eigenvalue weighted by atomic mass is 10.1. The van der Waals surface area contributed by atoms with Gasteiger partial charge in [-0.1, -0.05) is 18.2 Å². The van der Waals surface area contributed by atoms with Crippen molar-refractivity contribution in [3.63, 3.8) is 0 Å². The smallest absolute Gasteiger partial charge is 0.263 e. The molecule has 1 N–H and O–H groups in total. The first-order chi connectivity index (χ1) is 11.8. The van der Waals surface area contributed by atoms with Crippen LogP contribution in [0.15, 0.2) is 42.5 Å². The fraction of sp³-hybridized carbons (Fsp3) is 0.316. The molecule has 25 heavy (non-hydrogen) atoms. The van der Waals surface area contributed by atoms with E-state index in [2.05, 4.69) is 0 Å². The number of carbonyl (C=O) groups excluding carboxylic acids is 1. The highest BCUT2D eigenvalue weighted by molar-refractivity contribution is 5.81. The molecule has 2 unspecified atom stereocenters. The zero-order valence-corrected chi connectivity index (χ0v) is 14.4. The fourth-order valence-corrected chi connectivity index (χ4v) is 2.45. The van der Waals surface area contributed by atoms with Crippen LogP contribution >= 0.6 is 0 Å². The molecule has 0 aliphatic carbocycles. The third-order valence-electron chi connectivity index (χ3n) is 4.10. The molecular formula is C19H21F2NO3.